The Labute approximate surface area is 120 Å². The van der Waals surface area contributed by atoms with Gasteiger partial charge in [-0.05, 0) is 37.3 Å². The molecule has 1 aromatic heterocycles. The summed E-state index contributed by atoms with van der Waals surface area (Å²) in [5.74, 6) is -0.560. The zero-order chi connectivity index (χ0) is 14.7. The number of aromatic carboxylic acids is 1. The minimum Gasteiger partial charge on any atom is -0.478 e. The van der Waals surface area contributed by atoms with Gasteiger partial charge in [0.25, 0.3) is 0 Å². The van der Waals surface area contributed by atoms with Crippen LogP contribution in [-0.2, 0) is 0 Å². The molecule has 20 heavy (non-hydrogen) atoms. The molecule has 0 spiro atoms. The lowest BCUT2D eigenvalue weighted by atomic mass is 10.2. The Morgan fingerprint density at radius 2 is 2.15 bits per heavy atom. The number of carbonyl (C=O) groups is 1. The Kier molecular flexibility index (Phi) is 3.87. The molecule has 2 rings (SSSR count). The van der Waals surface area contributed by atoms with Gasteiger partial charge in [0.1, 0.15) is 5.82 Å². The van der Waals surface area contributed by atoms with Crippen LogP contribution in [0.4, 0.5) is 11.5 Å². The van der Waals surface area contributed by atoms with E-state index in [9.17, 15) is 4.79 Å². The van der Waals surface area contributed by atoms with Crippen molar-refractivity contribution in [1.82, 2.24) is 4.98 Å². The van der Waals surface area contributed by atoms with E-state index in [2.05, 4.69) is 10.3 Å². The third kappa shape index (κ3) is 2.87. The second kappa shape index (κ2) is 5.59. The van der Waals surface area contributed by atoms with Gasteiger partial charge in [0, 0.05) is 0 Å². The average Bonchev–Trinajstić information content (AvgIpc) is 2.41. The van der Waals surface area contributed by atoms with Gasteiger partial charge in [-0.1, -0.05) is 11.6 Å². The Morgan fingerprint density at radius 3 is 2.75 bits per heavy atom. The van der Waals surface area contributed by atoms with Crippen LogP contribution in [-0.4, -0.2) is 16.1 Å². The van der Waals surface area contributed by atoms with E-state index in [0.717, 1.165) is 0 Å². The largest absolute Gasteiger partial charge is 0.478 e. The minimum atomic E-state index is -1.02. The van der Waals surface area contributed by atoms with E-state index in [-0.39, 0.29) is 5.56 Å². The van der Waals surface area contributed by atoms with Gasteiger partial charge in [-0.25, -0.2) is 9.78 Å². The molecular formula is C14H10ClN3O2. The molecule has 0 bridgehead atoms. The molecule has 0 aliphatic rings. The normalized spacial score (nSPS) is 9.85. The van der Waals surface area contributed by atoms with E-state index < -0.39 is 5.97 Å². The van der Waals surface area contributed by atoms with E-state index in [0.29, 0.717) is 27.8 Å². The zero-order valence-corrected chi connectivity index (χ0v) is 11.3. The summed E-state index contributed by atoms with van der Waals surface area (Å²) in [7, 11) is 0. The second-order valence-corrected chi connectivity index (χ2v) is 4.47. The van der Waals surface area contributed by atoms with Crippen molar-refractivity contribution in [3.63, 3.8) is 0 Å². The molecule has 0 saturated carbocycles. The Hall–Kier alpha value is -2.58. The Balaban J connectivity index is 2.33. The van der Waals surface area contributed by atoms with Crippen LogP contribution < -0.4 is 5.32 Å². The number of rotatable bonds is 3. The molecule has 5 nitrogen and oxygen atoms in total. The first-order valence-electron chi connectivity index (χ1n) is 5.69. The molecule has 0 unspecified atom stereocenters. The number of anilines is 2. The number of carboxylic acid groups (broad SMARTS) is 1. The number of aromatic nitrogens is 1. The summed E-state index contributed by atoms with van der Waals surface area (Å²) < 4.78 is 0. The molecule has 1 heterocycles. The number of benzene rings is 1. The number of pyridine rings is 1. The van der Waals surface area contributed by atoms with Crippen LogP contribution in [0.15, 0.2) is 30.3 Å². The summed E-state index contributed by atoms with van der Waals surface area (Å²) >= 11 is 6.03. The molecule has 0 fully saturated rings. The van der Waals surface area contributed by atoms with E-state index >= 15 is 0 Å². The second-order valence-electron chi connectivity index (χ2n) is 4.07. The number of hydrogen-bond acceptors (Lipinski definition) is 4. The van der Waals surface area contributed by atoms with Crippen molar-refractivity contribution in [3.05, 3.63) is 52.2 Å². The predicted octanol–water partition coefficient (Wildman–Crippen LogP) is 3.36. The highest BCUT2D eigenvalue weighted by Gasteiger charge is 2.09. The molecule has 0 radical (unpaired) electrons. The first kappa shape index (κ1) is 13.8. The van der Waals surface area contributed by atoms with Crippen LogP contribution in [0.1, 0.15) is 21.6 Å². The van der Waals surface area contributed by atoms with E-state index in [1.165, 1.54) is 6.07 Å². The van der Waals surface area contributed by atoms with Crippen LogP contribution >= 0.6 is 11.6 Å². The van der Waals surface area contributed by atoms with Crippen molar-refractivity contribution in [2.45, 2.75) is 6.92 Å². The third-order valence-corrected chi connectivity index (χ3v) is 3.00. The van der Waals surface area contributed by atoms with Crippen molar-refractivity contribution in [2.24, 2.45) is 0 Å². The first-order valence-corrected chi connectivity index (χ1v) is 6.06. The number of aryl methyl sites for hydroxylation is 1. The van der Waals surface area contributed by atoms with E-state index in [1.807, 2.05) is 6.07 Å². The van der Waals surface area contributed by atoms with Gasteiger partial charge in [-0.3, -0.25) is 0 Å². The van der Waals surface area contributed by atoms with Crippen molar-refractivity contribution in [1.29, 1.82) is 5.26 Å². The summed E-state index contributed by atoms with van der Waals surface area (Å²) in [6.07, 6.45) is 0. The fourth-order valence-corrected chi connectivity index (χ4v) is 1.85. The highest BCUT2D eigenvalue weighted by molar-refractivity contribution is 6.33. The van der Waals surface area contributed by atoms with Gasteiger partial charge in [-0.15, -0.1) is 0 Å². The smallest absolute Gasteiger partial charge is 0.337 e. The highest BCUT2D eigenvalue weighted by Crippen LogP contribution is 2.26. The lowest BCUT2D eigenvalue weighted by Gasteiger charge is -2.09. The molecule has 2 N–H and O–H groups in total. The van der Waals surface area contributed by atoms with Gasteiger partial charge in [0.15, 0.2) is 0 Å². The van der Waals surface area contributed by atoms with Gasteiger partial charge in [-0.2, -0.15) is 5.26 Å². The van der Waals surface area contributed by atoms with Gasteiger partial charge in [0.05, 0.1) is 33.6 Å². The third-order valence-electron chi connectivity index (χ3n) is 2.67. The topological polar surface area (TPSA) is 86.0 Å². The zero-order valence-electron chi connectivity index (χ0n) is 10.5. The minimum absolute atomic E-state index is 0.146. The molecule has 0 atom stereocenters. The van der Waals surface area contributed by atoms with Crippen LogP contribution in [0, 0.1) is 18.3 Å². The number of carboxylic acids is 1. The lowest BCUT2D eigenvalue weighted by molar-refractivity contribution is 0.0695. The highest BCUT2D eigenvalue weighted by atomic mass is 35.5. The Bertz CT molecular complexity index is 723. The maximum Gasteiger partial charge on any atom is 0.337 e. The Morgan fingerprint density at radius 1 is 1.40 bits per heavy atom. The predicted molar refractivity (Wildman–Crippen MR) is 75.4 cm³/mol. The summed E-state index contributed by atoms with van der Waals surface area (Å²) in [5.41, 5.74) is 1.55. The van der Waals surface area contributed by atoms with Crippen LogP contribution in [0.25, 0.3) is 0 Å². The summed E-state index contributed by atoms with van der Waals surface area (Å²) in [4.78, 5) is 15.1. The van der Waals surface area contributed by atoms with Crippen molar-refractivity contribution >= 4 is 29.1 Å². The molecule has 100 valence electrons. The SMILES string of the molecule is Cc1nc(Nc2cc(C#N)ccc2Cl)ccc1C(=O)O. The van der Waals surface area contributed by atoms with Crippen molar-refractivity contribution in [2.75, 3.05) is 5.32 Å². The standard InChI is InChI=1S/C14H10ClN3O2/c1-8-10(14(19)20)3-5-13(17-8)18-12-6-9(7-16)2-4-11(12)15/h2-6H,1H3,(H,17,18)(H,19,20). The molecule has 0 aliphatic heterocycles. The van der Waals surface area contributed by atoms with Crippen LogP contribution in [0.3, 0.4) is 0 Å². The van der Waals surface area contributed by atoms with E-state index in [4.69, 9.17) is 22.0 Å². The van der Waals surface area contributed by atoms with E-state index in [1.54, 1.807) is 31.2 Å². The number of halogens is 1. The maximum atomic E-state index is 10.9. The van der Waals surface area contributed by atoms with Gasteiger partial charge >= 0.3 is 5.97 Å². The number of nitrogens with one attached hydrogen (secondary N) is 1. The molecular weight excluding hydrogens is 278 g/mol. The lowest BCUT2D eigenvalue weighted by Crippen LogP contribution is -2.03. The molecule has 2 aromatic rings. The molecule has 1 aromatic carbocycles. The maximum absolute atomic E-state index is 10.9. The fraction of sp³-hybridized carbons (Fsp3) is 0.0714. The summed E-state index contributed by atoms with van der Waals surface area (Å²) in [6.45, 7) is 1.61. The average molecular weight is 288 g/mol. The van der Waals surface area contributed by atoms with Crippen LogP contribution in [0.2, 0.25) is 5.02 Å². The number of nitrogens with zero attached hydrogens (tertiary/aromatic N) is 2. The quantitative estimate of drug-likeness (QED) is 0.904. The van der Waals surface area contributed by atoms with Gasteiger partial charge in [0.2, 0.25) is 0 Å². The molecule has 0 saturated heterocycles. The molecule has 6 heteroatoms. The fourth-order valence-electron chi connectivity index (χ4n) is 1.69. The number of hydrogen-bond donors (Lipinski definition) is 2. The summed E-state index contributed by atoms with van der Waals surface area (Å²) in [6, 6.07) is 9.86. The monoisotopic (exact) mass is 287 g/mol. The number of nitriles is 1. The summed E-state index contributed by atoms with van der Waals surface area (Å²) in [5, 5.41) is 21.2. The van der Waals surface area contributed by atoms with Crippen molar-refractivity contribution < 1.29 is 9.90 Å². The van der Waals surface area contributed by atoms with Crippen molar-refractivity contribution in [3.8, 4) is 6.07 Å². The van der Waals surface area contributed by atoms with Crippen LogP contribution in [0.5, 0.6) is 0 Å². The molecule has 0 amide bonds. The first-order chi connectivity index (χ1) is 9.51. The van der Waals surface area contributed by atoms with Gasteiger partial charge < -0.3 is 10.4 Å². The molecule has 0 aliphatic carbocycles.